The molecule has 0 saturated heterocycles. The minimum atomic E-state index is -0.257. The fourth-order valence-corrected chi connectivity index (χ4v) is 1.67. The molecule has 92 valence electrons. The molecule has 5 nitrogen and oxygen atoms in total. The number of nitrogens with one attached hydrogen (secondary N) is 2. The molecule has 2 rings (SSSR count). The second kappa shape index (κ2) is 5.52. The minimum Gasteiger partial charge on any atom is -0.459 e. The summed E-state index contributed by atoms with van der Waals surface area (Å²) in [5.74, 6) is 0.322. The van der Waals surface area contributed by atoms with Crippen molar-refractivity contribution < 1.29 is 14.0 Å². The number of hydrogen-bond donors (Lipinski definition) is 2. The summed E-state index contributed by atoms with van der Waals surface area (Å²) in [6.07, 6.45) is 4.58. The van der Waals surface area contributed by atoms with Crippen molar-refractivity contribution in [2.24, 2.45) is 5.92 Å². The summed E-state index contributed by atoms with van der Waals surface area (Å²) in [4.78, 5) is 22.9. The molecule has 2 N–H and O–H groups in total. The van der Waals surface area contributed by atoms with Crippen molar-refractivity contribution in [3.8, 4) is 0 Å². The van der Waals surface area contributed by atoms with Crippen LogP contribution in [0.3, 0.4) is 0 Å². The van der Waals surface area contributed by atoms with Gasteiger partial charge in [0.2, 0.25) is 5.91 Å². The van der Waals surface area contributed by atoms with Gasteiger partial charge in [-0.2, -0.15) is 0 Å². The molecule has 1 heterocycles. The molecule has 1 aliphatic carbocycles. The molecule has 2 amide bonds. The van der Waals surface area contributed by atoms with Crippen LogP contribution in [-0.4, -0.2) is 24.9 Å². The fourth-order valence-electron chi connectivity index (χ4n) is 1.67. The maximum atomic E-state index is 11.5. The summed E-state index contributed by atoms with van der Waals surface area (Å²) in [7, 11) is 0. The summed E-state index contributed by atoms with van der Waals surface area (Å²) < 4.78 is 4.94. The predicted octanol–water partition coefficient (Wildman–Crippen LogP) is 0.926. The zero-order valence-corrected chi connectivity index (χ0v) is 9.57. The zero-order chi connectivity index (χ0) is 12.1. The Kier molecular flexibility index (Phi) is 3.80. The molecule has 0 aliphatic heterocycles. The monoisotopic (exact) mass is 236 g/mol. The van der Waals surface area contributed by atoms with Crippen LogP contribution < -0.4 is 10.6 Å². The lowest BCUT2D eigenvalue weighted by molar-refractivity contribution is -0.127. The van der Waals surface area contributed by atoms with E-state index < -0.39 is 0 Å². The SMILES string of the molecule is O=C(NCCNC(=O)C1CCC1)c1ccco1. The summed E-state index contributed by atoms with van der Waals surface area (Å²) in [6.45, 7) is 0.875. The van der Waals surface area contributed by atoms with Crippen molar-refractivity contribution in [3.05, 3.63) is 24.2 Å². The molecule has 0 spiro atoms. The van der Waals surface area contributed by atoms with Gasteiger partial charge in [-0.05, 0) is 25.0 Å². The second-order valence-electron chi connectivity index (χ2n) is 4.15. The van der Waals surface area contributed by atoms with E-state index in [9.17, 15) is 9.59 Å². The highest BCUT2D eigenvalue weighted by Gasteiger charge is 2.24. The summed E-state index contributed by atoms with van der Waals surface area (Å²) in [6, 6.07) is 3.26. The summed E-state index contributed by atoms with van der Waals surface area (Å²) >= 11 is 0. The van der Waals surface area contributed by atoms with Gasteiger partial charge >= 0.3 is 0 Å². The van der Waals surface area contributed by atoms with E-state index in [1.807, 2.05) is 0 Å². The van der Waals surface area contributed by atoms with Crippen molar-refractivity contribution in [1.82, 2.24) is 10.6 Å². The molecule has 1 fully saturated rings. The molecule has 0 aromatic carbocycles. The van der Waals surface area contributed by atoms with Crippen molar-refractivity contribution in [2.45, 2.75) is 19.3 Å². The Labute approximate surface area is 99.6 Å². The number of hydrogen-bond acceptors (Lipinski definition) is 3. The molecule has 0 radical (unpaired) electrons. The molecular weight excluding hydrogens is 220 g/mol. The molecule has 5 heteroatoms. The Hall–Kier alpha value is -1.78. The largest absolute Gasteiger partial charge is 0.459 e. The van der Waals surface area contributed by atoms with Gasteiger partial charge in [0, 0.05) is 19.0 Å². The van der Waals surface area contributed by atoms with Crippen molar-refractivity contribution >= 4 is 11.8 Å². The van der Waals surface area contributed by atoms with Crippen LogP contribution in [0.5, 0.6) is 0 Å². The summed E-state index contributed by atoms with van der Waals surface area (Å²) in [5.41, 5.74) is 0. The number of rotatable bonds is 5. The molecule has 0 atom stereocenters. The molecule has 1 aliphatic rings. The highest BCUT2D eigenvalue weighted by Crippen LogP contribution is 2.25. The van der Waals surface area contributed by atoms with Crippen LogP contribution in [0, 0.1) is 5.92 Å². The molecular formula is C12H16N2O3. The minimum absolute atomic E-state index is 0.100. The number of carbonyl (C=O) groups excluding carboxylic acids is 2. The number of amides is 2. The fraction of sp³-hybridized carbons (Fsp3) is 0.500. The quantitative estimate of drug-likeness (QED) is 0.747. The first kappa shape index (κ1) is 11.7. The van der Waals surface area contributed by atoms with Gasteiger partial charge in [-0.25, -0.2) is 0 Å². The lowest BCUT2D eigenvalue weighted by Crippen LogP contribution is -2.39. The Bertz CT molecular complexity index is 382. The first-order valence-electron chi connectivity index (χ1n) is 5.87. The lowest BCUT2D eigenvalue weighted by Gasteiger charge is -2.23. The maximum absolute atomic E-state index is 11.5. The molecule has 0 bridgehead atoms. The van der Waals surface area contributed by atoms with Gasteiger partial charge < -0.3 is 15.1 Å². The standard InChI is InChI=1S/C12H16N2O3/c15-11(9-3-1-4-9)13-6-7-14-12(16)10-5-2-8-17-10/h2,5,8-9H,1,3-4,6-7H2,(H,13,15)(H,14,16). The van der Waals surface area contributed by atoms with Crippen LogP contribution in [-0.2, 0) is 4.79 Å². The van der Waals surface area contributed by atoms with Crippen LogP contribution >= 0.6 is 0 Å². The topological polar surface area (TPSA) is 71.3 Å². The van der Waals surface area contributed by atoms with Crippen molar-refractivity contribution in [3.63, 3.8) is 0 Å². The molecule has 1 aromatic rings. The van der Waals surface area contributed by atoms with Crippen LogP contribution in [0.1, 0.15) is 29.8 Å². The van der Waals surface area contributed by atoms with E-state index in [4.69, 9.17) is 4.42 Å². The predicted molar refractivity (Wildman–Crippen MR) is 61.4 cm³/mol. The van der Waals surface area contributed by atoms with Gasteiger partial charge in [0.25, 0.3) is 5.91 Å². The Morgan fingerprint density at radius 2 is 2.06 bits per heavy atom. The molecule has 17 heavy (non-hydrogen) atoms. The third-order valence-electron chi connectivity index (χ3n) is 2.93. The third kappa shape index (κ3) is 3.09. The maximum Gasteiger partial charge on any atom is 0.287 e. The number of carbonyl (C=O) groups is 2. The smallest absolute Gasteiger partial charge is 0.287 e. The Balaban J connectivity index is 1.60. The Morgan fingerprint density at radius 1 is 1.29 bits per heavy atom. The third-order valence-corrected chi connectivity index (χ3v) is 2.93. The van der Waals surface area contributed by atoms with E-state index in [0.717, 1.165) is 19.3 Å². The normalized spacial score (nSPS) is 15.1. The molecule has 1 aromatic heterocycles. The van der Waals surface area contributed by atoms with Gasteiger partial charge in [-0.3, -0.25) is 9.59 Å². The Morgan fingerprint density at radius 3 is 2.65 bits per heavy atom. The van der Waals surface area contributed by atoms with Gasteiger partial charge in [0.15, 0.2) is 5.76 Å². The van der Waals surface area contributed by atoms with E-state index in [1.165, 1.54) is 6.26 Å². The van der Waals surface area contributed by atoms with Gasteiger partial charge in [-0.15, -0.1) is 0 Å². The van der Waals surface area contributed by atoms with Gasteiger partial charge in [0.05, 0.1) is 6.26 Å². The average molecular weight is 236 g/mol. The van der Waals surface area contributed by atoms with E-state index >= 15 is 0 Å². The van der Waals surface area contributed by atoms with Crippen LogP contribution in [0.15, 0.2) is 22.8 Å². The van der Waals surface area contributed by atoms with Crippen LogP contribution in [0.2, 0.25) is 0 Å². The van der Waals surface area contributed by atoms with Gasteiger partial charge in [-0.1, -0.05) is 6.42 Å². The van der Waals surface area contributed by atoms with E-state index in [1.54, 1.807) is 12.1 Å². The highest BCUT2D eigenvalue weighted by molar-refractivity contribution is 5.91. The van der Waals surface area contributed by atoms with Crippen molar-refractivity contribution in [2.75, 3.05) is 13.1 Å². The van der Waals surface area contributed by atoms with E-state index in [2.05, 4.69) is 10.6 Å². The first-order valence-corrected chi connectivity index (χ1v) is 5.87. The number of furan rings is 1. The summed E-state index contributed by atoms with van der Waals surface area (Å²) in [5, 5.41) is 5.47. The zero-order valence-electron chi connectivity index (χ0n) is 9.57. The van der Waals surface area contributed by atoms with E-state index in [-0.39, 0.29) is 23.5 Å². The van der Waals surface area contributed by atoms with Crippen LogP contribution in [0.25, 0.3) is 0 Å². The highest BCUT2D eigenvalue weighted by atomic mass is 16.3. The molecule has 1 saturated carbocycles. The lowest BCUT2D eigenvalue weighted by atomic mass is 9.85. The van der Waals surface area contributed by atoms with Gasteiger partial charge in [0.1, 0.15) is 0 Å². The van der Waals surface area contributed by atoms with E-state index in [0.29, 0.717) is 13.1 Å². The second-order valence-corrected chi connectivity index (χ2v) is 4.15. The van der Waals surface area contributed by atoms with Crippen molar-refractivity contribution in [1.29, 1.82) is 0 Å². The average Bonchev–Trinajstić information content (AvgIpc) is 2.74. The first-order chi connectivity index (χ1) is 8.27. The molecule has 0 unspecified atom stereocenters. The van der Waals surface area contributed by atoms with Crippen LogP contribution in [0.4, 0.5) is 0 Å².